The molecule has 296 valence electrons. The minimum absolute atomic E-state index is 0.0300. The first kappa shape index (κ1) is 42.2. The summed E-state index contributed by atoms with van der Waals surface area (Å²) < 4.78 is 15.9. The van der Waals surface area contributed by atoms with Crippen LogP contribution in [-0.2, 0) is 28.6 Å². The van der Waals surface area contributed by atoms with Crippen molar-refractivity contribution < 1.29 is 33.4 Å². The molecule has 3 unspecified atom stereocenters. The van der Waals surface area contributed by atoms with Crippen molar-refractivity contribution in [1.82, 2.24) is 10.2 Å². The van der Waals surface area contributed by atoms with Gasteiger partial charge in [0.1, 0.15) is 12.6 Å². The van der Waals surface area contributed by atoms with E-state index >= 15 is 0 Å². The summed E-state index contributed by atoms with van der Waals surface area (Å²) in [5.74, 6) is 3.79. The molecule has 52 heavy (non-hydrogen) atoms. The van der Waals surface area contributed by atoms with Gasteiger partial charge in [-0.05, 0) is 118 Å². The highest BCUT2D eigenvalue weighted by Crippen LogP contribution is 2.67. The van der Waals surface area contributed by atoms with E-state index in [-0.39, 0.29) is 62.7 Å². The normalized spacial score (nSPS) is 29.9. The summed E-state index contributed by atoms with van der Waals surface area (Å²) in [4.78, 5) is 50.8. The van der Waals surface area contributed by atoms with Crippen LogP contribution in [0.4, 0.5) is 4.79 Å². The number of nitrogens with zero attached hydrogens (tertiary/aromatic N) is 1. The molecule has 9 heteroatoms. The van der Waals surface area contributed by atoms with Crippen molar-refractivity contribution >= 4 is 23.9 Å². The van der Waals surface area contributed by atoms with Crippen LogP contribution in [0.15, 0.2) is 11.6 Å². The second kappa shape index (κ2) is 19.7. The highest BCUT2D eigenvalue weighted by molar-refractivity contribution is 5.82. The number of amides is 2. The van der Waals surface area contributed by atoms with Crippen LogP contribution in [-0.4, -0.2) is 67.8 Å². The Bertz CT molecular complexity index is 1230. The quantitative estimate of drug-likeness (QED) is 0.0612. The molecular weight excluding hydrogens is 656 g/mol. The van der Waals surface area contributed by atoms with E-state index < -0.39 is 11.9 Å². The maximum Gasteiger partial charge on any atom is 0.407 e. The predicted octanol–water partition coefficient (Wildman–Crippen LogP) is 9.03. The molecule has 0 saturated heterocycles. The Morgan fingerprint density at radius 2 is 1.62 bits per heavy atom. The van der Waals surface area contributed by atoms with E-state index in [0.29, 0.717) is 18.4 Å². The molecule has 0 aromatic heterocycles. The van der Waals surface area contributed by atoms with E-state index in [9.17, 15) is 19.2 Å². The predicted molar refractivity (Wildman–Crippen MR) is 204 cm³/mol. The molecule has 0 spiro atoms. The van der Waals surface area contributed by atoms with Crippen LogP contribution in [0.2, 0.25) is 0 Å². The van der Waals surface area contributed by atoms with Gasteiger partial charge >= 0.3 is 18.0 Å². The average Bonchev–Trinajstić information content (AvgIpc) is 3.45. The molecule has 3 saturated carbocycles. The Balaban J connectivity index is 1.18. The summed E-state index contributed by atoms with van der Waals surface area (Å²) in [6.07, 6.45) is 18.2. The van der Waals surface area contributed by atoms with Gasteiger partial charge in [0.25, 0.3) is 0 Å². The van der Waals surface area contributed by atoms with Gasteiger partial charge in [-0.15, -0.1) is 0 Å². The lowest BCUT2D eigenvalue weighted by atomic mass is 9.47. The number of ether oxygens (including phenoxy) is 3. The Hall–Kier alpha value is -2.58. The van der Waals surface area contributed by atoms with E-state index in [1.807, 2.05) is 0 Å². The minimum Gasteiger partial charge on any atom is -0.466 e. The molecule has 0 aromatic carbocycles. The van der Waals surface area contributed by atoms with Crippen LogP contribution in [0.25, 0.3) is 0 Å². The van der Waals surface area contributed by atoms with E-state index in [0.717, 1.165) is 67.6 Å². The average molecular weight is 729 g/mol. The Kier molecular flexibility index (Phi) is 15.9. The van der Waals surface area contributed by atoms with Crippen LogP contribution in [0.1, 0.15) is 151 Å². The van der Waals surface area contributed by atoms with Crippen molar-refractivity contribution in [2.24, 2.45) is 46.3 Å². The van der Waals surface area contributed by atoms with Gasteiger partial charge in [-0.3, -0.25) is 14.4 Å². The first-order valence-corrected chi connectivity index (χ1v) is 21.0. The van der Waals surface area contributed by atoms with E-state index in [1.54, 1.807) is 13.8 Å². The number of carbonyl (C=O) groups excluding carboxylic acids is 4. The molecule has 0 bridgehead atoms. The number of nitrogens with one attached hydrogen (secondary N) is 1. The molecule has 4 rings (SSSR count). The molecule has 3 fully saturated rings. The fourth-order valence-corrected chi connectivity index (χ4v) is 11.0. The number of rotatable bonds is 19. The number of carbonyl (C=O) groups is 4. The molecule has 9 nitrogen and oxygen atoms in total. The maximum absolute atomic E-state index is 12.8. The highest BCUT2D eigenvalue weighted by Gasteiger charge is 2.59. The third-order valence-corrected chi connectivity index (χ3v) is 13.7. The topological polar surface area (TPSA) is 111 Å². The van der Waals surface area contributed by atoms with E-state index in [1.165, 1.54) is 61.8 Å². The third-order valence-electron chi connectivity index (χ3n) is 13.7. The standard InChI is InChI=1S/C43H72N2O7/c1-8-50-39(47)23-27-45(29-40(48)51-9-2)38(46)16-11-10-12-26-44-41(49)52-33-21-24-42(6)32(28-33)17-18-34-36-20-19-35(31(5)15-13-14-30(3)4)43(36,7)25-22-37(34)42/h17,30-31,33-37H,8-16,18-29H2,1-7H3,(H,44,49)/t31-,33-,34?,35+,36?,37?,42-,43+/m0/s1. The number of unbranched alkanes of at least 4 members (excludes halogenated alkanes) is 2. The number of hydrogen-bond acceptors (Lipinski definition) is 7. The van der Waals surface area contributed by atoms with E-state index in [2.05, 4.69) is 46.0 Å². The first-order valence-electron chi connectivity index (χ1n) is 21.0. The molecule has 0 aromatic rings. The fourth-order valence-electron chi connectivity index (χ4n) is 11.0. The first-order chi connectivity index (χ1) is 24.8. The van der Waals surface area contributed by atoms with Gasteiger partial charge in [0.15, 0.2) is 0 Å². The molecule has 0 heterocycles. The smallest absolute Gasteiger partial charge is 0.407 e. The maximum atomic E-state index is 12.8. The zero-order valence-electron chi connectivity index (χ0n) is 33.8. The van der Waals surface area contributed by atoms with Gasteiger partial charge in [-0.25, -0.2) is 4.79 Å². The molecule has 8 atom stereocenters. The summed E-state index contributed by atoms with van der Waals surface area (Å²) in [6, 6.07) is 0. The van der Waals surface area contributed by atoms with Crippen molar-refractivity contribution in [2.75, 3.05) is 32.8 Å². The number of alkyl carbamates (subject to hydrolysis) is 1. The second-order valence-corrected chi connectivity index (χ2v) is 17.5. The van der Waals surface area contributed by atoms with Crippen molar-refractivity contribution in [1.29, 1.82) is 0 Å². The summed E-state index contributed by atoms with van der Waals surface area (Å²) in [5.41, 5.74) is 2.25. The Labute approximate surface area is 315 Å². The summed E-state index contributed by atoms with van der Waals surface area (Å²) >= 11 is 0. The zero-order chi connectivity index (χ0) is 37.9. The van der Waals surface area contributed by atoms with Crippen LogP contribution >= 0.6 is 0 Å². The Morgan fingerprint density at radius 1 is 0.865 bits per heavy atom. The van der Waals surface area contributed by atoms with Crippen molar-refractivity contribution in [3.8, 4) is 0 Å². The molecule has 0 aliphatic heterocycles. The lowest BCUT2D eigenvalue weighted by molar-refractivity contribution is -0.150. The minimum atomic E-state index is -0.495. The van der Waals surface area contributed by atoms with Crippen molar-refractivity contribution in [3.63, 3.8) is 0 Å². The van der Waals surface area contributed by atoms with Crippen LogP contribution in [0.3, 0.4) is 0 Å². The molecule has 4 aliphatic carbocycles. The lowest BCUT2D eigenvalue weighted by Crippen LogP contribution is -2.51. The number of fused-ring (bicyclic) bond motifs is 5. The van der Waals surface area contributed by atoms with Gasteiger partial charge in [0.2, 0.25) is 5.91 Å². The van der Waals surface area contributed by atoms with E-state index in [4.69, 9.17) is 14.2 Å². The van der Waals surface area contributed by atoms with Crippen LogP contribution < -0.4 is 5.32 Å². The molecule has 4 aliphatic rings. The SMILES string of the molecule is CCOC(=O)CCN(CC(=O)OCC)C(=O)CCCCCNC(=O)O[C@H]1CC[C@@]2(C)C(=CCC3C2CC[C@@]2(C)C3CC[C@@H]2[C@@H](C)CCCC(C)C)C1. The van der Waals surface area contributed by atoms with Crippen molar-refractivity contribution in [3.05, 3.63) is 11.6 Å². The summed E-state index contributed by atoms with van der Waals surface area (Å²) in [5, 5.41) is 2.92. The number of esters is 2. The summed E-state index contributed by atoms with van der Waals surface area (Å²) in [6.45, 7) is 16.8. The largest absolute Gasteiger partial charge is 0.466 e. The second-order valence-electron chi connectivity index (χ2n) is 17.5. The lowest BCUT2D eigenvalue weighted by Gasteiger charge is -2.58. The molecular formula is C43H72N2O7. The van der Waals surface area contributed by atoms with Gasteiger partial charge in [0.05, 0.1) is 19.6 Å². The van der Waals surface area contributed by atoms with Crippen molar-refractivity contribution in [2.45, 2.75) is 157 Å². The molecule has 1 N–H and O–H groups in total. The van der Waals surface area contributed by atoms with Gasteiger partial charge in [-0.1, -0.05) is 72.0 Å². The third kappa shape index (κ3) is 10.8. The number of hydrogen-bond donors (Lipinski definition) is 1. The van der Waals surface area contributed by atoms with Gasteiger partial charge in [0, 0.05) is 25.9 Å². The Morgan fingerprint density at radius 3 is 2.35 bits per heavy atom. The van der Waals surface area contributed by atoms with Crippen LogP contribution in [0, 0.1) is 46.3 Å². The molecule has 2 amide bonds. The molecule has 0 radical (unpaired) electrons. The zero-order valence-corrected chi connectivity index (χ0v) is 33.8. The van der Waals surface area contributed by atoms with Crippen LogP contribution in [0.5, 0.6) is 0 Å². The number of allylic oxidation sites excluding steroid dienone is 1. The summed E-state index contributed by atoms with van der Waals surface area (Å²) in [7, 11) is 0. The fraction of sp³-hybridized carbons (Fsp3) is 0.860. The highest BCUT2D eigenvalue weighted by atomic mass is 16.6. The van der Waals surface area contributed by atoms with Gasteiger partial charge < -0.3 is 24.4 Å². The monoisotopic (exact) mass is 729 g/mol. The van der Waals surface area contributed by atoms with Gasteiger partial charge in [-0.2, -0.15) is 0 Å².